The molecule has 12 nitrogen and oxygen atoms in total. The Kier molecular flexibility index (Phi) is 10.7. The van der Waals surface area contributed by atoms with E-state index in [1.807, 2.05) is 0 Å². The van der Waals surface area contributed by atoms with Gasteiger partial charge in [0.25, 0.3) is 0 Å². The molecule has 5 aromatic rings. The summed E-state index contributed by atoms with van der Waals surface area (Å²) in [6.45, 7) is 2.82. The molecule has 0 saturated carbocycles. The second-order valence-electron chi connectivity index (χ2n) is 11.4. The third kappa shape index (κ3) is 7.35. The summed E-state index contributed by atoms with van der Waals surface area (Å²) < 4.78 is 278. The third-order valence-electron chi connectivity index (χ3n) is 7.90. The molecule has 5 aromatic carbocycles. The van der Waals surface area contributed by atoms with Crippen LogP contribution >= 0.6 is 45.2 Å². The molecule has 0 bridgehead atoms. The van der Waals surface area contributed by atoms with Crippen molar-refractivity contribution < 1.29 is 103 Å². The van der Waals surface area contributed by atoms with Crippen LogP contribution in [0.15, 0.2) is 18.2 Å². The second-order valence-corrected chi connectivity index (χ2v) is 19.9. The number of aryl methyl sites for hydroxylation is 2. The Bertz CT molecular complexity index is 2960. The molecule has 0 radical (unpaired) electrons. The van der Waals surface area contributed by atoms with E-state index >= 15 is 0 Å². The largest absolute Gasteiger partial charge is 0.534 e. The number of hydrogen-bond donors (Lipinski definition) is 0. The topological polar surface area (TPSA) is 173 Å². The van der Waals surface area contributed by atoms with Crippen molar-refractivity contribution in [3.63, 3.8) is 0 Å². The van der Waals surface area contributed by atoms with Gasteiger partial charge in [-0.2, -0.15) is 86.4 Å². The number of alkyl halides is 12. The van der Waals surface area contributed by atoms with Gasteiger partial charge in [-0.05, 0) is 112 Å². The van der Waals surface area contributed by atoms with E-state index in [0.717, 1.165) is 20.8 Å². The van der Waals surface area contributed by atoms with E-state index in [1.165, 1.54) is 45.2 Å². The highest BCUT2D eigenvalue weighted by Gasteiger charge is 2.52. The molecule has 0 fully saturated rings. The Balaban J connectivity index is 2.19. The van der Waals surface area contributed by atoms with Gasteiger partial charge in [0.15, 0.2) is 23.0 Å². The Hall–Kier alpha value is -2.98. The van der Waals surface area contributed by atoms with Crippen LogP contribution in [-0.4, -0.2) is 55.7 Å². The van der Waals surface area contributed by atoms with E-state index in [1.54, 1.807) is 0 Å². The van der Waals surface area contributed by atoms with Crippen LogP contribution in [0.1, 0.15) is 16.7 Å². The van der Waals surface area contributed by atoms with Crippen molar-refractivity contribution in [1.82, 2.24) is 0 Å². The number of benzene rings is 5. The average molecular weight is 1140 g/mol. The smallest absolute Gasteiger partial charge is 0.375 e. The van der Waals surface area contributed by atoms with Crippen molar-refractivity contribution in [3.8, 4) is 23.0 Å². The van der Waals surface area contributed by atoms with Crippen LogP contribution in [0.25, 0.3) is 43.1 Å². The number of halogens is 14. The lowest BCUT2D eigenvalue weighted by atomic mass is 9.84. The first-order valence-electron chi connectivity index (χ1n) is 14.0. The van der Waals surface area contributed by atoms with Gasteiger partial charge in [0.1, 0.15) is 0 Å². The standard InChI is InChI=1S/C27H12F12I2O12S4/c1-7-4-12(50-54(42,43)24(28,29)30)19-13(51-55(44,45)25(31,32)33)5-10(40)17-18-11(41)6-14(52-56(46,47)26(34,35)36)20-22(18)16(15(7)21(17)19)8(2)9(3)23(20)53-57(48,49)27(37,38)39/h4-6H,1-3H3. The summed E-state index contributed by atoms with van der Waals surface area (Å²) in [4.78, 5) is 0. The lowest BCUT2D eigenvalue weighted by Crippen LogP contribution is -2.29. The van der Waals surface area contributed by atoms with Crippen LogP contribution in [0.5, 0.6) is 23.0 Å². The van der Waals surface area contributed by atoms with E-state index in [-0.39, 0.29) is 0 Å². The van der Waals surface area contributed by atoms with E-state index in [9.17, 15) is 86.4 Å². The summed E-state index contributed by atoms with van der Waals surface area (Å²) in [6, 6.07) is 1.25. The van der Waals surface area contributed by atoms with E-state index in [2.05, 4.69) is 16.7 Å². The lowest BCUT2D eigenvalue weighted by molar-refractivity contribution is -0.0506. The van der Waals surface area contributed by atoms with Gasteiger partial charge >= 0.3 is 62.5 Å². The van der Waals surface area contributed by atoms with Gasteiger partial charge in [0.2, 0.25) is 0 Å². The SMILES string of the molecule is Cc1c(OS(=O)(=O)C(F)(F)F)c2c(OS(=O)(=O)C(F)(F)F)cc(I)c3c4c(I)cc(OS(=O)(=O)C(F)(F)F)c5c(OS(=O)(=O)C(F)(F)F)cc(C)c(c(c1C)c23)c54. The maximum Gasteiger partial charge on any atom is 0.534 e. The van der Waals surface area contributed by atoms with Crippen LogP contribution < -0.4 is 16.7 Å². The van der Waals surface area contributed by atoms with Crippen molar-refractivity contribution in [3.05, 3.63) is 42.0 Å². The predicted molar refractivity (Wildman–Crippen MR) is 190 cm³/mol. The molecule has 0 amide bonds. The summed E-state index contributed by atoms with van der Waals surface area (Å²) in [5, 5.41) is -5.70. The molecule has 0 saturated heterocycles. The molecule has 0 N–H and O–H groups in total. The maximum absolute atomic E-state index is 13.7. The molecule has 0 spiro atoms. The monoisotopic (exact) mass is 1140 g/mol. The van der Waals surface area contributed by atoms with E-state index in [0.29, 0.717) is 18.2 Å². The summed E-state index contributed by atoms with van der Waals surface area (Å²) >= 11 is 2.59. The molecule has 0 aliphatic carbocycles. The van der Waals surface area contributed by atoms with Gasteiger partial charge in [-0.15, -0.1) is 0 Å². The van der Waals surface area contributed by atoms with Crippen molar-refractivity contribution >= 4 is 129 Å². The average Bonchev–Trinajstić information content (AvgIpc) is 2.98. The zero-order valence-corrected chi connectivity index (χ0v) is 34.6. The molecule has 0 aliphatic heterocycles. The van der Waals surface area contributed by atoms with Gasteiger partial charge in [-0.1, -0.05) is 0 Å². The van der Waals surface area contributed by atoms with E-state index in [4.69, 9.17) is 0 Å². The Labute approximate surface area is 337 Å². The van der Waals surface area contributed by atoms with Gasteiger partial charge < -0.3 is 16.7 Å². The van der Waals surface area contributed by atoms with Crippen molar-refractivity contribution in [2.24, 2.45) is 0 Å². The predicted octanol–water partition coefficient (Wildman–Crippen LogP) is 8.79. The zero-order chi connectivity index (χ0) is 43.8. The first-order chi connectivity index (χ1) is 25.4. The number of rotatable bonds is 8. The van der Waals surface area contributed by atoms with Crippen molar-refractivity contribution in [1.29, 1.82) is 0 Å². The summed E-state index contributed by atoms with van der Waals surface area (Å²) in [7, 11) is -26.9. The molecule has 57 heavy (non-hydrogen) atoms. The fourth-order valence-electron chi connectivity index (χ4n) is 5.57. The number of hydrogen-bond acceptors (Lipinski definition) is 12. The maximum atomic E-state index is 13.7. The molecule has 0 aromatic heterocycles. The highest BCUT2D eigenvalue weighted by Crippen LogP contribution is 2.56. The third-order valence-corrected chi connectivity index (χ3v) is 13.5. The first kappa shape index (κ1) is 45.1. The van der Waals surface area contributed by atoms with Crippen molar-refractivity contribution in [2.45, 2.75) is 42.8 Å². The second kappa shape index (κ2) is 13.5. The van der Waals surface area contributed by atoms with Crippen LogP contribution in [-0.2, 0) is 40.5 Å². The molecule has 0 aliphatic rings. The van der Waals surface area contributed by atoms with Gasteiger partial charge in [0.05, 0.1) is 10.8 Å². The van der Waals surface area contributed by atoms with Crippen LogP contribution in [0.4, 0.5) is 52.7 Å². The Morgan fingerprint density at radius 1 is 0.404 bits per heavy atom. The molecule has 0 atom stereocenters. The molecule has 30 heteroatoms. The minimum Gasteiger partial charge on any atom is -0.375 e. The van der Waals surface area contributed by atoms with Gasteiger partial charge in [-0.3, -0.25) is 0 Å². The molecule has 314 valence electrons. The van der Waals surface area contributed by atoms with Gasteiger partial charge in [-0.25, -0.2) is 0 Å². The highest BCUT2D eigenvalue weighted by molar-refractivity contribution is 14.1. The lowest BCUT2D eigenvalue weighted by Gasteiger charge is -2.26. The quantitative estimate of drug-likeness (QED) is 0.0362. The zero-order valence-electron chi connectivity index (χ0n) is 27.1. The molecular weight excluding hydrogens is 1130 g/mol. The summed E-state index contributed by atoms with van der Waals surface area (Å²) in [5.41, 5.74) is -26.4. The Morgan fingerprint density at radius 2 is 0.719 bits per heavy atom. The normalized spacial score (nSPS) is 14.3. The Morgan fingerprint density at radius 3 is 1.09 bits per heavy atom. The molecule has 0 unspecified atom stereocenters. The van der Waals surface area contributed by atoms with Crippen LogP contribution in [0, 0.1) is 27.9 Å². The number of fused-ring (bicyclic) bond motifs is 2. The van der Waals surface area contributed by atoms with E-state index < -0.39 is 152 Å². The fourth-order valence-corrected chi connectivity index (χ4v) is 9.13. The van der Waals surface area contributed by atoms with Crippen LogP contribution in [0.3, 0.4) is 0 Å². The fraction of sp³-hybridized carbons (Fsp3) is 0.259. The highest BCUT2D eigenvalue weighted by atomic mass is 127. The van der Waals surface area contributed by atoms with Gasteiger partial charge in [0, 0.05) is 28.7 Å². The summed E-state index contributed by atoms with van der Waals surface area (Å²) in [6.07, 6.45) is 0. The van der Waals surface area contributed by atoms with Crippen molar-refractivity contribution in [2.75, 3.05) is 0 Å². The van der Waals surface area contributed by atoms with Crippen LogP contribution in [0.2, 0.25) is 0 Å². The molecule has 5 rings (SSSR count). The minimum atomic E-state index is -6.74. The first-order valence-corrected chi connectivity index (χ1v) is 21.8. The summed E-state index contributed by atoms with van der Waals surface area (Å²) in [5.74, 6) is -5.94. The minimum absolute atomic E-state index is 0.390. The molecular formula is C27H12F12I2O12S4. The molecule has 0 heterocycles.